The van der Waals surface area contributed by atoms with Crippen molar-refractivity contribution < 1.29 is 14.7 Å². The first-order chi connectivity index (χ1) is 11.6. The molecule has 1 saturated heterocycles. The van der Waals surface area contributed by atoms with Gasteiger partial charge in [0, 0.05) is 12.2 Å². The molecule has 24 heavy (non-hydrogen) atoms. The van der Waals surface area contributed by atoms with Crippen molar-refractivity contribution in [3.05, 3.63) is 53.3 Å². The van der Waals surface area contributed by atoms with Gasteiger partial charge in [0.15, 0.2) is 0 Å². The first-order valence-corrected chi connectivity index (χ1v) is 8.18. The van der Waals surface area contributed by atoms with Crippen molar-refractivity contribution in [1.29, 1.82) is 0 Å². The lowest BCUT2D eigenvalue weighted by atomic mass is 10.0. The van der Waals surface area contributed by atoms with Gasteiger partial charge in [0.05, 0.1) is 18.3 Å². The SMILES string of the molecule is Cc1c(C(=O)N2CCCC[C@@H]2C(=O)O)cnn1Cc1ccccc1. The molecule has 1 amide bonds. The molecule has 0 radical (unpaired) electrons. The van der Waals surface area contributed by atoms with E-state index in [0.29, 0.717) is 25.1 Å². The summed E-state index contributed by atoms with van der Waals surface area (Å²) in [4.78, 5) is 25.7. The van der Waals surface area contributed by atoms with Gasteiger partial charge in [-0.15, -0.1) is 0 Å². The highest BCUT2D eigenvalue weighted by molar-refractivity contribution is 5.97. The molecule has 1 aromatic heterocycles. The smallest absolute Gasteiger partial charge is 0.326 e. The molecule has 3 rings (SSSR count). The lowest BCUT2D eigenvalue weighted by molar-refractivity contribution is -0.143. The summed E-state index contributed by atoms with van der Waals surface area (Å²) in [6.45, 7) is 2.92. The minimum atomic E-state index is -0.933. The van der Waals surface area contributed by atoms with Crippen LogP contribution in [0.15, 0.2) is 36.5 Å². The molecule has 1 aromatic carbocycles. The maximum atomic E-state index is 12.8. The predicted octanol–water partition coefficient (Wildman–Crippen LogP) is 2.32. The first kappa shape index (κ1) is 16.2. The van der Waals surface area contributed by atoms with Gasteiger partial charge in [0.2, 0.25) is 0 Å². The van der Waals surface area contributed by atoms with Crippen LogP contribution in [0, 0.1) is 6.92 Å². The summed E-state index contributed by atoms with van der Waals surface area (Å²) >= 11 is 0. The molecule has 6 nitrogen and oxygen atoms in total. The van der Waals surface area contributed by atoms with E-state index in [9.17, 15) is 14.7 Å². The summed E-state index contributed by atoms with van der Waals surface area (Å²) in [6, 6.07) is 9.16. The van der Waals surface area contributed by atoms with E-state index in [1.54, 1.807) is 10.9 Å². The summed E-state index contributed by atoms with van der Waals surface area (Å²) in [5.41, 5.74) is 2.35. The zero-order valence-electron chi connectivity index (χ0n) is 13.7. The zero-order chi connectivity index (χ0) is 17.1. The quantitative estimate of drug-likeness (QED) is 0.935. The highest BCUT2D eigenvalue weighted by Crippen LogP contribution is 2.21. The maximum Gasteiger partial charge on any atom is 0.326 e. The molecule has 0 spiro atoms. The minimum absolute atomic E-state index is 0.237. The normalized spacial score (nSPS) is 17.7. The van der Waals surface area contributed by atoms with E-state index in [1.807, 2.05) is 37.3 Å². The summed E-state index contributed by atoms with van der Waals surface area (Å²) in [6.07, 6.45) is 3.74. The highest BCUT2D eigenvalue weighted by Gasteiger charge is 2.33. The van der Waals surface area contributed by atoms with Gasteiger partial charge in [-0.3, -0.25) is 9.48 Å². The van der Waals surface area contributed by atoms with Crippen LogP contribution >= 0.6 is 0 Å². The van der Waals surface area contributed by atoms with E-state index in [2.05, 4.69) is 5.10 Å². The number of rotatable bonds is 4. The van der Waals surface area contributed by atoms with E-state index in [1.165, 1.54) is 4.90 Å². The van der Waals surface area contributed by atoms with Crippen LogP contribution in [0.3, 0.4) is 0 Å². The second-order valence-electron chi connectivity index (χ2n) is 6.14. The van der Waals surface area contributed by atoms with Gasteiger partial charge in [-0.2, -0.15) is 5.10 Å². The van der Waals surface area contributed by atoms with Crippen LogP contribution in [0.4, 0.5) is 0 Å². The molecular formula is C18H21N3O3. The number of amides is 1. The molecule has 0 aliphatic carbocycles. The van der Waals surface area contributed by atoms with Crippen LogP contribution in [-0.4, -0.2) is 44.3 Å². The number of carboxylic acid groups (broad SMARTS) is 1. The highest BCUT2D eigenvalue weighted by atomic mass is 16.4. The van der Waals surface area contributed by atoms with Crippen LogP contribution in [0.2, 0.25) is 0 Å². The number of aliphatic carboxylic acids is 1. The molecule has 0 saturated carbocycles. The number of benzene rings is 1. The number of hydrogen-bond donors (Lipinski definition) is 1. The monoisotopic (exact) mass is 327 g/mol. The molecular weight excluding hydrogens is 306 g/mol. The summed E-state index contributed by atoms with van der Waals surface area (Å²) < 4.78 is 1.78. The number of aromatic nitrogens is 2. The molecule has 6 heteroatoms. The average Bonchev–Trinajstić information content (AvgIpc) is 2.96. The molecule has 0 unspecified atom stereocenters. The third kappa shape index (κ3) is 3.18. The average molecular weight is 327 g/mol. The van der Waals surface area contributed by atoms with Crippen LogP contribution < -0.4 is 0 Å². The lowest BCUT2D eigenvalue weighted by Gasteiger charge is -2.32. The Morgan fingerprint density at radius 2 is 2.00 bits per heavy atom. The Hall–Kier alpha value is -2.63. The molecule has 1 atom stereocenters. The number of nitrogens with zero attached hydrogens (tertiary/aromatic N) is 3. The van der Waals surface area contributed by atoms with Crippen molar-refractivity contribution in [2.24, 2.45) is 0 Å². The number of carbonyl (C=O) groups is 2. The molecule has 0 bridgehead atoms. The summed E-state index contributed by atoms with van der Waals surface area (Å²) in [5, 5.41) is 13.7. The summed E-state index contributed by atoms with van der Waals surface area (Å²) in [7, 11) is 0. The van der Waals surface area contributed by atoms with Crippen LogP contribution in [0.1, 0.15) is 40.9 Å². The first-order valence-electron chi connectivity index (χ1n) is 8.18. The van der Waals surface area contributed by atoms with Crippen LogP contribution in [0.5, 0.6) is 0 Å². The fourth-order valence-electron chi connectivity index (χ4n) is 3.16. The molecule has 1 aliphatic heterocycles. The molecule has 2 heterocycles. The van der Waals surface area contributed by atoms with Gasteiger partial charge < -0.3 is 10.0 Å². The van der Waals surface area contributed by atoms with Gasteiger partial charge in [-0.1, -0.05) is 30.3 Å². The van der Waals surface area contributed by atoms with E-state index in [0.717, 1.165) is 24.1 Å². The number of hydrogen-bond acceptors (Lipinski definition) is 3. The van der Waals surface area contributed by atoms with Crippen LogP contribution in [-0.2, 0) is 11.3 Å². The third-order valence-electron chi connectivity index (χ3n) is 4.56. The number of piperidine rings is 1. The Balaban J connectivity index is 1.82. The van der Waals surface area contributed by atoms with E-state index < -0.39 is 12.0 Å². The Morgan fingerprint density at radius 1 is 1.25 bits per heavy atom. The van der Waals surface area contributed by atoms with Gasteiger partial charge in [0.1, 0.15) is 6.04 Å². The predicted molar refractivity (Wildman–Crippen MR) is 88.8 cm³/mol. The fraction of sp³-hybridized carbons (Fsp3) is 0.389. The van der Waals surface area contributed by atoms with Crippen LogP contribution in [0.25, 0.3) is 0 Å². The number of carbonyl (C=O) groups excluding carboxylic acids is 1. The largest absolute Gasteiger partial charge is 0.480 e. The molecule has 1 aliphatic rings. The van der Waals surface area contributed by atoms with Gasteiger partial charge in [-0.05, 0) is 31.7 Å². The topological polar surface area (TPSA) is 75.4 Å². The van der Waals surface area contributed by atoms with Crippen molar-refractivity contribution >= 4 is 11.9 Å². The molecule has 126 valence electrons. The van der Waals surface area contributed by atoms with Gasteiger partial charge >= 0.3 is 5.97 Å². The Kier molecular flexibility index (Phi) is 4.64. The van der Waals surface area contributed by atoms with Crippen molar-refractivity contribution in [3.8, 4) is 0 Å². The molecule has 1 N–H and O–H groups in total. The molecule has 2 aromatic rings. The maximum absolute atomic E-state index is 12.8. The Bertz CT molecular complexity index is 739. The minimum Gasteiger partial charge on any atom is -0.480 e. The van der Waals surface area contributed by atoms with Crippen molar-refractivity contribution in [2.75, 3.05) is 6.54 Å². The summed E-state index contributed by atoms with van der Waals surface area (Å²) in [5.74, 6) is -1.17. The third-order valence-corrected chi connectivity index (χ3v) is 4.56. The Morgan fingerprint density at radius 3 is 2.71 bits per heavy atom. The lowest BCUT2D eigenvalue weighted by Crippen LogP contribution is -2.48. The van der Waals surface area contributed by atoms with Crippen molar-refractivity contribution in [1.82, 2.24) is 14.7 Å². The fourth-order valence-corrected chi connectivity index (χ4v) is 3.16. The van der Waals surface area contributed by atoms with Gasteiger partial charge in [0.25, 0.3) is 5.91 Å². The number of likely N-dealkylation sites (tertiary alicyclic amines) is 1. The standard InChI is InChI=1S/C18H21N3O3/c1-13-15(11-19-21(13)12-14-7-3-2-4-8-14)17(22)20-10-6-5-9-16(20)18(23)24/h2-4,7-8,11,16H,5-6,9-10,12H2,1H3,(H,23,24)/t16-/m1/s1. The second-order valence-corrected chi connectivity index (χ2v) is 6.14. The van der Waals surface area contributed by atoms with E-state index in [4.69, 9.17) is 0 Å². The van der Waals surface area contributed by atoms with Crippen molar-refractivity contribution in [2.45, 2.75) is 38.8 Å². The second kappa shape index (κ2) is 6.86. The zero-order valence-corrected chi connectivity index (χ0v) is 13.7. The van der Waals surface area contributed by atoms with Gasteiger partial charge in [-0.25, -0.2) is 4.79 Å². The van der Waals surface area contributed by atoms with E-state index in [-0.39, 0.29) is 5.91 Å². The van der Waals surface area contributed by atoms with Crippen molar-refractivity contribution in [3.63, 3.8) is 0 Å². The number of carboxylic acids is 1. The Labute approximate surface area is 140 Å². The van der Waals surface area contributed by atoms with E-state index >= 15 is 0 Å². The molecule has 1 fully saturated rings.